The van der Waals surface area contributed by atoms with Gasteiger partial charge in [0.15, 0.2) is 6.04 Å². The Kier molecular flexibility index (Phi) is 5.28. The zero-order chi connectivity index (χ0) is 17.8. The predicted molar refractivity (Wildman–Crippen MR) is 93.8 cm³/mol. The lowest BCUT2D eigenvalue weighted by molar-refractivity contribution is -0.914. The highest BCUT2D eigenvalue weighted by molar-refractivity contribution is 5.93. The van der Waals surface area contributed by atoms with Gasteiger partial charge in [0.25, 0.3) is 5.91 Å². The van der Waals surface area contributed by atoms with E-state index in [0.29, 0.717) is 5.69 Å². The van der Waals surface area contributed by atoms with Crippen molar-refractivity contribution in [3.05, 3.63) is 60.2 Å². The first-order valence-corrected chi connectivity index (χ1v) is 8.44. The van der Waals surface area contributed by atoms with Gasteiger partial charge in [0.2, 0.25) is 0 Å². The Bertz CT molecular complexity index is 728. The van der Waals surface area contributed by atoms with E-state index in [-0.39, 0.29) is 23.6 Å². The molecule has 0 unspecified atom stereocenters. The highest BCUT2D eigenvalue weighted by atomic mass is 19.1. The fourth-order valence-electron chi connectivity index (χ4n) is 3.14. The number of hydrogen-bond donors (Lipinski definition) is 2. The van der Waals surface area contributed by atoms with Gasteiger partial charge in [-0.3, -0.25) is 4.79 Å². The molecule has 1 atom stereocenters. The Labute approximate surface area is 146 Å². The van der Waals surface area contributed by atoms with E-state index < -0.39 is 0 Å². The molecular weight excluding hydrogens is 324 g/mol. The van der Waals surface area contributed by atoms with Crippen molar-refractivity contribution in [3.63, 3.8) is 0 Å². The summed E-state index contributed by atoms with van der Waals surface area (Å²) in [5.74, 6) is -0.725. The Morgan fingerprint density at radius 1 is 1.08 bits per heavy atom. The summed E-state index contributed by atoms with van der Waals surface area (Å²) in [6, 6.07) is 12.2. The normalized spacial score (nSPS) is 16.5. The topological polar surface area (TPSA) is 36.8 Å². The van der Waals surface area contributed by atoms with Gasteiger partial charge < -0.3 is 15.1 Å². The number of amides is 1. The van der Waals surface area contributed by atoms with Gasteiger partial charge >= 0.3 is 0 Å². The van der Waals surface area contributed by atoms with E-state index in [0.717, 1.165) is 31.9 Å². The maximum absolute atomic E-state index is 13.2. The van der Waals surface area contributed by atoms with Crippen LogP contribution in [0, 0.1) is 11.6 Å². The maximum atomic E-state index is 13.2. The van der Waals surface area contributed by atoms with Crippen LogP contribution in [0.25, 0.3) is 0 Å². The van der Waals surface area contributed by atoms with Crippen molar-refractivity contribution in [1.82, 2.24) is 0 Å². The standard InChI is InChI=1S/C19H21F2N3O/c1-14(19(25)22-17-4-2-3-16(21)13-17)23-9-11-24(12-10-23)18-7-5-15(20)6-8-18/h2-8,13-14H,9-12H2,1H3,(H,22,25)/p+1/t14-/m0/s1. The second-order valence-corrected chi connectivity index (χ2v) is 6.34. The number of hydrogen-bond acceptors (Lipinski definition) is 2. The second kappa shape index (κ2) is 7.61. The minimum Gasteiger partial charge on any atom is -0.360 e. The van der Waals surface area contributed by atoms with Crippen molar-refractivity contribution in [2.75, 3.05) is 36.4 Å². The Morgan fingerprint density at radius 2 is 1.76 bits per heavy atom. The molecule has 1 aliphatic rings. The van der Waals surface area contributed by atoms with E-state index in [1.807, 2.05) is 6.92 Å². The number of nitrogens with zero attached hydrogens (tertiary/aromatic N) is 1. The van der Waals surface area contributed by atoms with Gasteiger partial charge in [-0.1, -0.05) is 6.07 Å². The molecular formula is C19H22F2N3O+. The molecule has 0 aromatic heterocycles. The van der Waals surface area contributed by atoms with Crippen LogP contribution in [-0.2, 0) is 4.79 Å². The summed E-state index contributed by atoms with van der Waals surface area (Å²) in [5.41, 5.74) is 1.47. The summed E-state index contributed by atoms with van der Waals surface area (Å²) in [6.07, 6.45) is 0. The number of rotatable bonds is 4. The van der Waals surface area contributed by atoms with Gasteiger partial charge in [0.05, 0.1) is 26.2 Å². The lowest BCUT2D eigenvalue weighted by Gasteiger charge is -2.36. The molecule has 0 aliphatic carbocycles. The molecule has 2 N–H and O–H groups in total. The van der Waals surface area contributed by atoms with Crippen LogP contribution in [-0.4, -0.2) is 38.1 Å². The molecule has 132 valence electrons. The van der Waals surface area contributed by atoms with E-state index in [1.54, 1.807) is 24.3 Å². The van der Waals surface area contributed by atoms with Crippen molar-refractivity contribution < 1.29 is 18.5 Å². The minimum absolute atomic E-state index is 0.115. The van der Waals surface area contributed by atoms with E-state index in [9.17, 15) is 13.6 Å². The van der Waals surface area contributed by atoms with Crippen LogP contribution in [0.4, 0.5) is 20.2 Å². The van der Waals surface area contributed by atoms with Gasteiger partial charge in [0, 0.05) is 11.4 Å². The number of anilines is 2. The number of quaternary nitrogens is 1. The van der Waals surface area contributed by atoms with E-state index in [4.69, 9.17) is 0 Å². The number of carbonyl (C=O) groups excluding carboxylic acids is 1. The predicted octanol–water partition coefficient (Wildman–Crippen LogP) is 1.70. The van der Waals surface area contributed by atoms with E-state index in [1.165, 1.54) is 29.2 Å². The third kappa shape index (κ3) is 4.33. The van der Waals surface area contributed by atoms with Gasteiger partial charge in [-0.25, -0.2) is 8.78 Å². The van der Waals surface area contributed by atoms with Crippen molar-refractivity contribution in [2.45, 2.75) is 13.0 Å². The second-order valence-electron chi connectivity index (χ2n) is 6.34. The lowest BCUT2D eigenvalue weighted by Crippen LogP contribution is -3.19. The van der Waals surface area contributed by atoms with Gasteiger partial charge in [-0.2, -0.15) is 0 Å². The third-order valence-electron chi connectivity index (χ3n) is 4.70. The lowest BCUT2D eigenvalue weighted by atomic mass is 10.2. The molecule has 1 heterocycles. The molecule has 4 nitrogen and oxygen atoms in total. The number of carbonyl (C=O) groups is 1. The average Bonchev–Trinajstić information content (AvgIpc) is 2.62. The molecule has 0 bridgehead atoms. The van der Waals surface area contributed by atoms with E-state index >= 15 is 0 Å². The first kappa shape index (κ1) is 17.4. The van der Waals surface area contributed by atoms with Gasteiger partial charge in [-0.05, 0) is 49.4 Å². The summed E-state index contributed by atoms with van der Waals surface area (Å²) in [5, 5.41) is 2.77. The number of piperazine rings is 1. The summed E-state index contributed by atoms with van der Waals surface area (Å²) >= 11 is 0. The molecule has 0 spiro atoms. The largest absolute Gasteiger partial charge is 0.360 e. The van der Waals surface area contributed by atoms with Gasteiger partial charge in [0.1, 0.15) is 11.6 Å². The van der Waals surface area contributed by atoms with Crippen molar-refractivity contribution >= 4 is 17.3 Å². The van der Waals surface area contributed by atoms with Crippen LogP contribution in [0.5, 0.6) is 0 Å². The summed E-state index contributed by atoms with van der Waals surface area (Å²) in [6.45, 7) is 5.12. The Balaban J connectivity index is 1.54. The Morgan fingerprint density at radius 3 is 2.40 bits per heavy atom. The van der Waals surface area contributed by atoms with E-state index in [2.05, 4.69) is 10.2 Å². The molecule has 6 heteroatoms. The van der Waals surface area contributed by atoms with Crippen LogP contribution in [0.15, 0.2) is 48.5 Å². The number of benzene rings is 2. The molecule has 0 saturated carbocycles. The number of halogens is 2. The zero-order valence-electron chi connectivity index (χ0n) is 14.1. The molecule has 2 aromatic carbocycles. The molecule has 25 heavy (non-hydrogen) atoms. The smallest absolute Gasteiger partial charge is 0.282 e. The highest BCUT2D eigenvalue weighted by Gasteiger charge is 2.29. The zero-order valence-corrected chi connectivity index (χ0v) is 14.1. The van der Waals surface area contributed by atoms with Crippen molar-refractivity contribution in [2.24, 2.45) is 0 Å². The fourth-order valence-corrected chi connectivity index (χ4v) is 3.14. The summed E-state index contributed by atoms with van der Waals surface area (Å²) in [7, 11) is 0. The molecule has 1 fully saturated rings. The first-order valence-electron chi connectivity index (χ1n) is 8.44. The number of nitrogens with one attached hydrogen (secondary N) is 2. The van der Waals surface area contributed by atoms with Crippen LogP contribution >= 0.6 is 0 Å². The van der Waals surface area contributed by atoms with Crippen LogP contribution in [0.2, 0.25) is 0 Å². The molecule has 1 saturated heterocycles. The third-order valence-corrected chi connectivity index (χ3v) is 4.70. The van der Waals surface area contributed by atoms with Crippen molar-refractivity contribution in [3.8, 4) is 0 Å². The van der Waals surface area contributed by atoms with Crippen molar-refractivity contribution in [1.29, 1.82) is 0 Å². The quantitative estimate of drug-likeness (QED) is 0.884. The van der Waals surface area contributed by atoms with Gasteiger partial charge in [-0.15, -0.1) is 0 Å². The highest BCUT2D eigenvalue weighted by Crippen LogP contribution is 2.14. The minimum atomic E-state index is -0.370. The van der Waals surface area contributed by atoms with Crippen LogP contribution in [0.1, 0.15) is 6.92 Å². The average molecular weight is 346 g/mol. The molecule has 3 rings (SSSR count). The summed E-state index contributed by atoms with van der Waals surface area (Å²) in [4.78, 5) is 15.8. The maximum Gasteiger partial charge on any atom is 0.282 e. The summed E-state index contributed by atoms with van der Waals surface area (Å²) < 4.78 is 26.2. The first-order chi connectivity index (χ1) is 12.0. The monoisotopic (exact) mass is 346 g/mol. The Hall–Kier alpha value is -2.47. The van der Waals surface area contributed by atoms with Crippen LogP contribution < -0.4 is 15.1 Å². The molecule has 1 aliphatic heterocycles. The van der Waals surface area contributed by atoms with Crippen LogP contribution in [0.3, 0.4) is 0 Å². The molecule has 1 amide bonds. The fraction of sp³-hybridized carbons (Fsp3) is 0.316. The molecule has 0 radical (unpaired) electrons. The SMILES string of the molecule is C[C@@H](C(=O)Nc1cccc(F)c1)[NH+]1CCN(c2ccc(F)cc2)CC1. The molecule has 2 aromatic rings.